The summed E-state index contributed by atoms with van der Waals surface area (Å²) in [5.74, 6) is 0.795. The average Bonchev–Trinajstić information content (AvgIpc) is 3.01. The molecule has 0 amide bonds. The fraction of sp³-hybridized carbons (Fsp3) is 0.133. The highest BCUT2D eigenvalue weighted by molar-refractivity contribution is 5.79. The molecule has 0 radical (unpaired) electrons. The molecule has 0 unspecified atom stereocenters. The molecule has 3 rings (SSSR count). The number of ether oxygens (including phenoxy) is 2. The van der Waals surface area contributed by atoms with Crippen molar-refractivity contribution in [3.8, 4) is 11.6 Å². The van der Waals surface area contributed by atoms with E-state index in [-0.39, 0.29) is 0 Å². The SMILES string of the molecule is COc1cc(C=O)c(OCc2cccc3cncn23)cn1. The fourth-order valence-corrected chi connectivity index (χ4v) is 2.04. The maximum absolute atomic E-state index is 11.1. The summed E-state index contributed by atoms with van der Waals surface area (Å²) in [6.07, 6.45) is 5.70. The van der Waals surface area contributed by atoms with Crippen LogP contribution >= 0.6 is 0 Å². The van der Waals surface area contributed by atoms with Gasteiger partial charge in [0.1, 0.15) is 12.4 Å². The van der Waals surface area contributed by atoms with Crippen LogP contribution in [0, 0.1) is 0 Å². The van der Waals surface area contributed by atoms with E-state index in [2.05, 4.69) is 9.97 Å². The lowest BCUT2D eigenvalue weighted by atomic mass is 10.2. The van der Waals surface area contributed by atoms with Gasteiger partial charge in [0.05, 0.1) is 42.6 Å². The van der Waals surface area contributed by atoms with Gasteiger partial charge in [-0.2, -0.15) is 0 Å². The Balaban J connectivity index is 1.84. The molecule has 0 fully saturated rings. The van der Waals surface area contributed by atoms with Gasteiger partial charge in [-0.3, -0.25) is 9.20 Å². The van der Waals surface area contributed by atoms with Crippen molar-refractivity contribution < 1.29 is 14.3 Å². The van der Waals surface area contributed by atoms with Gasteiger partial charge in [0, 0.05) is 6.07 Å². The normalized spacial score (nSPS) is 10.5. The van der Waals surface area contributed by atoms with E-state index in [1.54, 1.807) is 18.6 Å². The van der Waals surface area contributed by atoms with E-state index < -0.39 is 0 Å². The van der Waals surface area contributed by atoms with Gasteiger partial charge in [-0.05, 0) is 12.1 Å². The lowest BCUT2D eigenvalue weighted by Gasteiger charge is -2.10. The Morgan fingerprint density at radius 1 is 1.33 bits per heavy atom. The topological polar surface area (TPSA) is 65.7 Å². The summed E-state index contributed by atoms with van der Waals surface area (Å²) < 4.78 is 12.6. The third-order valence-electron chi connectivity index (χ3n) is 3.12. The number of carbonyl (C=O) groups is 1. The molecule has 0 aliphatic rings. The van der Waals surface area contributed by atoms with E-state index in [9.17, 15) is 4.79 Å². The van der Waals surface area contributed by atoms with Crippen LogP contribution in [0.4, 0.5) is 0 Å². The van der Waals surface area contributed by atoms with Crippen LogP contribution in [0.15, 0.2) is 43.0 Å². The molecule has 0 aliphatic carbocycles. The van der Waals surface area contributed by atoms with E-state index in [0.29, 0.717) is 23.8 Å². The highest BCUT2D eigenvalue weighted by atomic mass is 16.5. The third kappa shape index (κ3) is 2.55. The van der Waals surface area contributed by atoms with Gasteiger partial charge < -0.3 is 9.47 Å². The van der Waals surface area contributed by atoms with E-state index in [4.69, 9.17) is 9.47 Å². The van der Waals surface area contributed by atoms with Crippen LogP contribution in [-0.2, 0) is 6.61 Å². The number of aldehydes is 1. The van der Waals surface area contributed by atoms with E-state index in [1.807, 2.05) is 22.6 Å². The Labute approximate surface area is 121 Å². The Morgan fingerprint density at radius 2 is 2.24 bits per heavy atom. The van der Waals surface area contributed by atoms with Crippen molar-refractivity contribution in [1.82, 2.24) is 14.4 Å². The molecule has 106 valence electrons. The second-order valence-electron chi connectivity index (χ2n) is 4.38. The number of methoxy groups -OCH3 is 1. The third-order valence-corrected chi connectivity index (χ3v) is 3.12. The molecule has 6 heteroatoms. The number of fused-ring (bicyclic) bond motifs is 1. The molecule has 0 aliphatic heterocycles. The first-order chi connectivity index (χ1) is 10.3. The second-order valence-corrected chi connectivity index (χ2v) is 4.38. The Morgan fingerprint density at radius 3 is 3.05 bits per heavy atom. The minimum absolute atomic E-state index is 0.308. The maximum Gasteiger partial charge on any atom is 0.213 e. The van der Waals surface area contributed by atoms with Crippen LogP contribution in [0.25, 0.3) is 5.52 Å². The summed E-state index contributed by atoms with van der Waals surface area (Å²) >= 11 is 0. The van der Waals surface area contributed by atoms with E-state index in [1.165, 1.54) is 13.3 Å². The molecular formula is C15H13N3O3. The van der Waals surface area contributed by atoms with Crippen LogP contribution in [0.1, 0.15) is 16.1 Å². The van der Waals surface area contributed by atoms with Gasteiger partial charge in [-0.25, -0.2) is 9.97 Å². The first-order valence-corrected chi connectivity index (χ1v) is 6.34. The van der Waals surface area contributed by atoms with Crippen molar-refractivity contribution in [3.63, 3.8) is 0 Å². The summed E-state index contributed by atoms with van der Waals surface area (Å²) in [5.41, 5.74) is 2.32. The molecule has 0 N–H and O–H groups in total. The highest BCUT2D eigenvalue weighted by Gasteiger charge is 2.08. The predicted molar refractivity (Wildman–Crippen MR) is 75.7 cm³/mol. The molecule has 3 aromatic rings. The Hall–Kier alpha value is -2.89. The van der Waals surface area contributed by atoms with Gasteiger partial charge in [-0.15, -0.1) is 0 Å². The number of hydrogen-bond acceptors (Lipinski definition) is 5. The molecular weight excluding hydrogens is 270 g/mol. The number of carbonyl (C=O) groups excluding carboxylic acids is 1. The maximum atomic E-state index is 11.1. The summed E-state index contributed by atoms with van der Waals surface area (Å²) in [4.78, 5) is 19.2. The quantitative estimate of drug-likeness (QED) is 0.671. The summed E-state index contributed by atoms with van der Waals surface area (Å²) in [7, 11) is 1.50. The molecule has 0 atom stereocenters. The van der Waals surface area contributed by atoms with Crippen LogP contribution in [0.3, 0.4) is 0 Å². The monoisotopic (exact) mass is 283 g/mol. The van der Waals surface area contributed by atoms with E-state index in [0.717, 1.165) is 17.5 Å². The number of hydrogen-bond donors (Lipinski definition) is 0. The molecule has 0 spiro atoms. The van der Waals surface area contributed by atoms with E-state index >= 15 is 0 Å². The predicted octanol–water partition coefficient (Wildman–Crippen LogP) is 2.13. The lowest BCUT2D eigenvalue weighted by molar-refractivity contribution is 0.111. The van der Waals surface area contributed by atoms with Crippen LogP contribution in [0.5, 0.6) is 11.6 Å². The first kappa shape index (κ1) is 13.1. The van der Waals surface area contributed by atoms with Crippen LogP contribution in [-0.4, -0.2) is 27.8 Å². The van der Waals surface area contributed by atoms with Crippen LogP contribution in [0.2, 0.25) is 0 Å². The number of nitrogens with zero attached hydrogens (tertiary/aromatic N) is 3. The summed E-state index contributed by atoms with van der Waals surface area (Å²) in [6.45, 7) is 0.308. The molecule has 3 aromatic heterocycles. The van der Waals surface area contributed by atoms with Gasteiger partial charge in [0.2, 0.25) is 5.88 Å². The van der Waals surface area contributed by atoms with Gasteiger partial charge >= 0.3 is 0 Å². The largest absolute Gasteiger partial charge is 0.485 e. The van der Waals surface area contributed by atoms with Gasteiger partial charge in [0.25, 0.3) is 0 Å². The summed E-state index contributed by atoms with van der Waals surface area (Å²) in [6, 6.07) is 7.37. The second kappa shape index (κ2) is 5.62. The van der Waals surface area contributed by atoms with Crippen molar-refractivity contribution >= 4 is 11.8 Å². The minimum Gasteiger partial charge on any atom is -0.485 e. The zero-order valence-corrected chi connectivity index (χ0v) is 11.4. The minimum atomic E-state index is 0.308. The van der Waals surface area contributed by atoms with Crippen LogP contribution < -0.4 is 9.47 Å². The number of aromatic nitrogens is 3. The molecule has 3 heterocycles. The number of pyridine rings is 2. The fourth-order valence-electron chi connectivity index (χ4n) is 2.04. The Bertz CT molecular complexity index is 783. The van der Waals surface area contributed by atoms with Crippen molar-refractivity contribution in [3.05, 3.63) is 54.2 Å². The first-order valence-electron chi connectivity index (χ1n) is 6.34. The van der Waals surface area contributed by atoms with Crippen molar-refractivity contribution in [2.24, 2.45) is 0 Å². The standard InChI is InChI=1S/C15H13N3O3/c1-20-15-5-11(8-19)14(7-17-15)21-9-13-4-2-3-12-6-16-10-18(12)13/h2-8,10H,9H2,1H3. The molecule has 21 heavy (non-hydrogen) atoms. The van der Waals surface area contributed by atoms with Crippen molar-refractivity contribution in [1.29, 1.82) is 0 Å². The number of rotatable bonds is 5. The Kier molecular flexibility index (Phi) is 3.51. The van der Waals surface area contributed by atoms with Crippen molar-refractivity contribution in [2.75, 3.05) is 7.11 Å². The molecule has 0 saturated carbocycles. The zero-order chi connectivity index (χ0) is 14.7. The molecule has 0 saturated heterocycles. The van der Waals surface area contributed by atoms with Gasteiger partial charge in [-0.1, -0.05) is 6.07 Å². The zero-order valence-electron chi connectivity index (χ0n) is 11.4. The average molecular weight is 283 g/mol. The van der Waals surface area contributed by atoms with Gasteiger partial charge in [0.15, 0.2) is 6.29 Å². The smallest absolute Gasteiger partial charge is 0.213 e. The number of imidazole rings is 1. The lowest BCUT2D eigenvalue weighted by Crippen LogP contribution is -2.03. The summed E-state index contributed by atoms with van der Waals surface area (Å²) in [5, 5.41) is 0. The highest BCUT2D eigenvalue weighted by Crippen LogP contribution is 2.21. The molecule has 0 aromatic carbocycles. The molecule has 0 bridgehead atoms. The van der Waals surface area contributed by atoms with Crippen molar-refractivity contribution in [2.45, 2.75) is 6.61 Å². The molecule has 6 nitrogen and oxygen atoms in total.